The summed E-state index contributed by atoms with van der Waals surface area (Å²) in [6, 6.07) is 11.3. The van der Waals surface area contributed by atoms with Gasteiger partial charge in [-0.3, -0.25) is 4.79 Å². The molecular weight excluding hydrogens is 316 g/mol. The van der Waals surface area contributed by atoms with E-state index in [0.717, 1.165) is 11.1 Å². The lowest BCUT2D eigenvalue weighted by atomic mass is 10.1. The summed E-state index contributed by atoms with van der Waals surface area (Å²) in [5.41, 5.74) is 1.67. The molecule has 0 atom stereocenters. The number of nitrogens with zero attached hydrogens (tertiary/aromatic N) is 2. The molecule has 1 aliphatic rings. The number of sulfonamides is 1. The molecule has 0 saturated carbocycles. The summed E-state index contributed by atoms with van der Waals surface area (Å²) in [6.07, 6.45) is 2.69. The van der Waals surface area contributed by atoms with Crippen LogP contribution in [0.1, 0.15) is 10.6 Å². The van der Waals surface area contributed by atoms with E-state index in [1.165, 1.54) is 16.8 Å². The highest BCUT2D eigenvalue weighted by molar-refractivity contribution is 7.88. The van der Waals surface area contributed by atoms with E-state index in [1.807, 2.05) is 30.3 Å². The van der Waals surface area contributed by atoms with Crippen LogP contribution < -0.4 is 0 Å². The van der Waals surface area contributed by atoms with Crippen molar-refractivity contribution in [2.24, 2.45) is 0 Å². The molecule has 0 aliphatic carbocycles. The third-order valence-electron chi connectivity index (χ3n) is 3.94. The van der Waals surface area contributed by atoms with Crippen LogP contribution in [0.25, 0.3) is 11.1 Å². The van der Waals surface area contributed by atoms with Gasteiger partial charge in [-0.2, -0.15) is 4.31 Å². The molecule has 2 aromatic rings. The number of hydrogen-bond acceptors (Lipinski definition) is 4. The van der Waals surface area contributed by atoms with Crippen LogP contribution in [-0.4, -0.2) is 56.0 Å². The Bertz CT molecular complexity index is 790. The monoisotopic (exact) mass is 334 g/mol. The zero-order valence-corrected chi connectivity index (χ0v) is 13.6. The van der Waals surface area contributed by atoms with E-state index in [9.17, 15) is 13.2 Å². The first-order valence-electron chi connectivity index (χ1n) is 7.34. The molecule has 7 heteroatoms. The van der Waals surface area contributed by atoms with Crippen LogP contribution in [0.15, 0.2) is 47.1 Å². The average Bonchev–Trinajstić information content (AvgIpc) is 3.04. The van der Waals surface area contributed by atoms with Gasteiger partial charge in [0.2, 0.25) is 10.0 Å². The number of benzene rings is 1. The van der Waals surface area contributed by atoms with Gasteiger partial charge in [0, 0.05) is 31.7 Å². The molecule has 1 aromatic carbocycles. The molecule has 1 saturated heterocycles. The van der Waals surface area contributed by atoms with E-state index < -0.39 is 10.0 Å². The van der Waals surface area contributed by atoms with Crippen LogP contribution in [0.3, 0.4) is 0 Å². The highest BCUT2D eigenvalue weighted by atomic mass is 32.2. The number of piperazine rings is 1. The van der Waals surface area contributed by atoms with Gasteiger partial charge in [0.1, 0.15) is 0 Å². The summed E-state index contributed by atoms with van der Waals surface area (Å²) in [7, 11) is -3.21. The molecule has 122 valence electrons. The zero-order valence-electron chi connectivity index (χ0n) is 12.8. The molecule has 3 rings (SSSR count). The molecule has 2 heterocycles. The first-order chi connectivity index (χ1) is 11.0. The molecule has 1 amide bonds. The summed E-state index contributed by atoms with van der Waals surface area (Å²) >= 11 is 0. The Kier molecular flexibility index (Phi) is 4.23. The van der Waals surface area contributed by atoms with Crippen molar-refractivity contribution in [3.63, 3.8) is 0 Å². The SMILES string of the molecule is CS(=O)(=O)N1CCN(C(=O)c2occc2-c2ccccc2)CC1. The predicted molar refractivity (Wildman–Crippen MR) is 86.5 cm³/mol. The van der Waals surface area contributed by atoms with Gasteiger partial charge >= 0.3 is 0 Å². The smallest absolute Gasteiger partial charge is 0.290 e. The Hall–Kier alpha value is -2.12. The zero-order chi connectivity index (χ0) is 16.4. The second-order valence-electron chi connectivity index (χ2n) is 5.48. The molecule has 23 heavy (non-hydrogen) atoms. The molecule has 6 nitrogen and oxygen atoms in total. The van der Waals surface area contributed by atoms with Crippen LogP contribution in [0.4, 0.5) is 0 Å². The highest BCUT2D eigenvalue weighted by Crippen LogP contribution is 2.26. The lowest BCUT2D eigenvalue weighted by molar-refractivity contribution is 0.0667. The second kappa shape index (κ2) is 6.17. The fraction of sp³-hybridized carbons (Fsp3) is 0.312. The van der Waals surface area contributed by atoms with E-state index >= 15 is 0 Å². The molecule has 0 spiro atoms. The number of furan rings is 1. The molecule has 1 fully saturated rings. The number of carbonyl (C=O) groups excluding carboxylic acids is 1. The quantitative estimate of drug-likeness (QED) is 0.856. The predicted octanol–water partition coefficient (Wildman–Crippen LogP) is 1.66. The minimum absolute atomic E-state index is 0.206. The van der Waals surface area contributed by atoms with Crippen LogP contribution >= 0.6 is 0 Å². The molecule has 1 aromatic heterocycles. The summed E-state index contributed by atoms with van der Waals surface area (Å²) in [5, 5.41) is 0. The van der Waals surface area contributed by atoms with Crippen LogP contribution in [0, 0.1) is 0 Å². The highest BCUT2D eigenvalue weighted by Gasteiger charge is 2.29. The topological polar surface area (TPSA) is 70.8 Å². The van der Waals surface area contributed by atoms with Gasteiger partial charge in [-0.05, 0) is 11.6 Å². The van der Waals surface area contributed by atoms with Crippen molar-refractivity contribution in [2.45, 2.75) is 0 Å². The molecule has 0 N–H and O–H groups in total. The molecule has 0 bridgehead atoms. The van der Waals surface area contributed by atoms with Crippen molar-refractivity contribution in [1.82, 2.24) is 9.21 Å². The van der Waals surface area contributed by atoms with Crippen molar-refractivity contribution < 1.29 is 17.6 Å². The number of amides is 1. The first kappa shape index (κ1) is 15.8. The van der Waals surface area contributed by atoms with Crippen LogP contribution in [0.5, 0.6) is 0 Å². The molecule has 0 unspecified atom stereocenters. The van der Waals surface area contributed by atoms with Crippen molar-refractivity contribution in [2.75, 3.05) is 32.4 Å². The van der Waals surface area contributed by atoms with E-state index in [1.54, 1.807) is 11.0 Å². The Balaban J connectivity index is 1.77. The molecular formula is C16H18N2O4S. The van der Waals surface area contributed by atoms with Gasteiger partial charge < -0.3 is 9.32 Å². The lowest BCUT2D eigenvalue weighted by Crippen LogP contribution is -2.50. The Morgan fingerprint density at radius 3 is 2.30 bits per heavy atom. The fourth-order valence-electron chi connectivity index (χ4n) is 2.69. The molecule has 0 radical (unpaired) electrons. The van der Waals surface area contributed by atoms with Gasteiger partial charge in [0.15, 0.2) is 5.76 Å². The summed E-state index contributed by atoms with van der Waals surface area (Å²) in [4.78, 5) is 14.3. The summed E-state index contributed by atoms with van der Waals surface area (Å²) in [6.45, 7) is 1.35. The van der Waals surface area contributed by atoms with Crippen LogP contribution in [0.2, 0.25) is 0 Å². The van der Waals surface area contributed by atoms with Crippen molar-refractivity contribution in [1.29, 1.82) is 0 Å². The number of rotatable bonds is 3. The summed E-state index contributed by atoms with van der Waals surface area (Å²) < 4.78 is 29.9. The Morgan fingerprint density at radius 2 is 1.70 bits per heavy atom. The van der Waals surface area contributed by atoms with E-state index in [4.69, 9.17) is 4.42 Å². The standard InChI is InChI=1S/C16H18N2O4S/c1-23(20,21)18-10-8-17(9-11-18)16(19)15-14(7-12-22-15)13-5-3-2-4-6-13/h2-7,12H,8-11H2,1H3. The van der Waals surface area contributed by atoms with E-state index in [2.05, 4.69) is 0 Å². The van der Waals surface area contributed by atoms with Crippen molar-refractivity contribution >= 4 is 15.9 Å². The maximum Gasteiger partial charge on any atom is 0.290 e. The van der Waals surface area contributed by atoms with Crippen molar-refractivity contribution in [3.05, 3.63) is 48.4 Å². The Morgan fingerprint density at radius 1 is 1.04 bits per heavy atom. The van der Waals surface area contributed by atoms with Gasteiger partial charge in [0.25, 0.3) is 5.91 Å². The maximum absolute atomic E-state index is 12.7. The van der Waals surface area contributed by atoms with E-state index in [-0.39, 0.29) is 5.91 Å². The third kappa shape index (κ3) is 3.30. The minimum Gasteiger partial charge on any atom is -0.459 e. The molecule has 1 aliphatic heterocycles. The van der Waals surface area contributed by atoms with Gasteiger partial charge in [-0.25, -0.2) is 8.42 Å². The average molecular weight is 334 g/mol. The normalized spacial score (nSPS) is 16.5. The van der Waals surface area contributed by atoms with Gasteiger partial charge in [-0.15, -0.1) is 0 Å². The number of carbonyl (C=O) groups is 1. The minimum atomic E-state index is -3.21. The largest absolute Gasteiger partial charge is 0.459 e. The van der Waals surface area contributed by atoms with E-state index in [0.29, 0.717) is 31.9 Å². The summed E-state index contributed by atoms with van der Waals surface area (Å²) in [5.74, 6) is 0.0889. The number of hydrogen-bond donors (Lipinski definition) is 0. The maximum atomic E-state index is 12.7. The van der Waals surface area contributed by atoms with Gasteiger partial charge in [-0.1, -0.05) is 30.3 Å². The second-order valence-corrected chi connectivity index (χ2v) is 7.47. The van der Waals surface area contributed by atoms with Gasteiger partial charge in [0.05, 0.1) is 12.5 Å². The first-order valence-corrected chi connectivity index (χ1v) is 9.19. The fourth-order valence-corrected chi connectivity index (χ4v) is 3.51. The Labute approximate surface area is 135 Å². The lowest BCUT2D eigenvalue weighted by Gasteiger charge is -2.32. The third-order valence-corrected chi connectivity index (χ3v) is 5.24. The van der Waals surface area contributed by atoms with Crippen molar-refractivity contribution in [3.8, 4) is 11.1 Å². The van der Waals surface area contributed by atoms with Crippen LogP contribution in [-0.2, 0) is 10.0 Å².